The predicted molar refractivity (Wildman–Crippen MR) is 104 cm³/mol. The van der Waals surface area contributed by atoms with Gasteiger partial charge in [-0.3, -0.25) is 4.79 Å². The maximum atomic E-state index is 12.5. The molecule has 2 fully saturated rings. The van der Waals surface area contributed by atoms with Crippen molar-refractivity contribution in [3.05, 3.63) is 47.1 Å². The second-order valence-electron chi connectivity index (χ2n) is 7.53. The summed E-state index contributed by atoms with van der Waals surface area (Å²) in [5, 5.41) is 6.50. The van der Waals surface area contributed by atoms with Crippen LogP contribution >= 0.6 is 0 Å². The highest BCUT2D eigenvalue weighted by Gasteiger charge is 2.31. The first kappa shape index (κ1) is 16.0. The summed E-state index contributed by atoms with van der Waals surface area (Å²) in [6.45, 7) is 5.90. The van der Waals surface area contributed by atoms with E-state index in [0.29, 0.717) is 18.0 Å². The van der Waals surface area contributed by atoms with Crippen molar-refractivity contribution in [2.75, 3.05) is 39.3 Å². The van der Waals surface area contributed by atoms with Crippen LogP contribution < -0.4 is 10.6 Å². The smallest absolute Gasteiger partial charge is 0.251 e. The van der Waals surface area contributed by atoms with E-state index >= 15 is 0 Å². The number of nitrogens with one attached hydrogen (secondary N) is 2. The molecule has 0 bridgehead atoms. The predicted octanol–water partition coefficient (Wildman–Crippen LogP) is 2.14. The van der Waals surface area contributed by atoms with E-state index in [2.05, 4.69) is 33.8 Å². The fourth-order valence-electron chi connectivity index (χ4n) is 4.48. The standard InChI is InChI=1S/C21H24N4O/c26-21(23-7-10-25-8-1-2-9-25)14-3-5-16-19(11-14)24-18-6-4-15-12-22-13-17(15)20(16)18/h3-6,11,15,22H,1-2,7-10,12-13H2,(H,23,26). The van der Waals surface area contributed by atoms with Crippen molar-refractivity contribution in [1.29, 1.82) is 0 Å². The zero-order valence-electron chi connectivity index (χ0n) is 14.9. The van der Waals surface area contributed by atoms with Crippen molar-refractivity contribution < 1.29 is 4.79 Å². The third-order valence-corrected chi connectivity index (χ3v) is 5.87. The van der Waals surface area contributed by atoms with Crippen molar-refractivity contribution in [3.8, 4) is 0 Å². The fraction of sp³-hybridized carbons (Fsp3) is 0.429. The average molecular weight is 348 g/mol. The van der Waals surface area contributed by atoms with E-state index in [1.165, 1.54) is 29.6 Å². The number of nitrogens with zero attached hydrogens (tertiary/aromatic N) is 2. The molecule has 0 radical (unpaired) electrons. The number of aliphatic imine (C=N–C) groups is 1. The van der Waals surface area contributed by atoms with Crippen molar-refractivity contribution >= 4 is 22.9 Å². The number of likely N-dealkylation sites (tertiary alicyclic amines) is 1. The zero-order chi connectivity index (χ0) is 17.5. The number of benzene rings is 1. The van der Waals surface area contributed by atoms with Crippen LogP contribution in [0.5, 0.6) is 0 Å². The molecule has 1 aromatic carbocycles. The molecule has 1 atom stereocenters. The molecule has 3 heterocycles. The number of fused-ring (bicyclic) bond motifs is 4. The molecule has 0 saturated carbocycles. The molecule has 5 rings (SSSR count). The van der Waals surface area contributed by atoms with Gasteiger partial charge in [0.15, 0.2) is 0 Å². The lowest BCUT2D eigenvalue weighted by atomic mass is 9.86. The zero-order valence-corrected chi connectivity index (χ0v) is 14.9. The van der Waals surface area contributed by atoms with Gasteiger partial charge in [0.05, 0.1) is 11.4 Å². The SMILES string of the molecule is O=C(NCCN1CCCC1)c1ccc2c(c1)N=C1C=CC3CNCC3=C12. The van der Waals surface area contributed by atoms with Crippen LogP contribution in [0.15, 0.2) is 40.9 Å². The van der Waals surface area contributed by atoms with E-state index in [1.54, 1.807) is 0 Å². The third-order valence-electron chi connectivity index (χ3n) is 5.87. The van der Waals surface area contributed by atoms with Gasteiger partial charge in [0.1, 0.15) is 0 Å². The molecule has 1 unspecified atom stereocenters. The summed E-state index contributed by atoms with van der Waals surface area (Å²) in [6.07, 6.45) is 6.94. The number of carbonyl (C=O) groups is 1. The summed E-state index contributed by atoms with van der Waals surface area (Å²) in [5.74, 6) is 0.485. The van der Waals surface area contributed by atoms with Gasteiger partial charge in [-0.25, -0.2) is 4.99 Å². The first-order chi connectivity index (χ1) is 12.8. The summed E-state index contributed by atoms with van der Waals surface area (Å²) in [4.78, 5) is 19.7. The molecule has 4 aliphatic rings. The van der Waals surface area contributed by atoms with Crippen LogP contribution in [-0.2, 0) is 0 Å². The molecule has 2 N–H and O–H groups in total. The van der Waals surface area contributed by atoms with Gasteiger partial charge in [-0.15, -0.1) is 0 Å². The van der Waals surface area contributed by atoms with E-state index in [0.717, 1.165) is 44.1 Å². The van der Waals surface area contributed by atoms with E-state index in [-0.39, 0.29) is 5.91 Å². The highest BCUT2D eigenvalue weighted by atomic mass is 16.1. The number of allylic oxidation sites excluding steroid dienone is 2. The molecule has 5 nitrogen and oxygen atoms in total. The van der Waals surface area contributed by atoms with E-state index in [1.807, 2.05) is 12.1 Å². The Balaban J connectivity index is 1.33. The molecule has 1 aliphatic carbocycles. The van der Waals surface area contributed by atoms with E-state index < -0.39 is 0 Å². The molecule has 0 spiro atoms. The third kappa shape index (κ3) is 2.72. The average Bonchev–Trinajstić information content (AvgIpc) is 3.38. The van der Waals surface area contributed by atoms with Crippen molar-refractivity contribution in [2.24, 2.45) is 10.9 Å². The summed E-state index contributed by atoms with van der Waals surface area (Å²) in [6, 6.07) is 5.94. The van der Waals surface area contributed by atoms with Gasteiger partial charge in [0.25, 0.3) is 5.91 Å². The highest BCUT2D eigenvalue weighted by Crippen LogP contribution is 2.42. The van der Waals surface area contributed by atoms with Crippen LogP contribution in [0.1, 0.15) is 28.8 Å². The Bertz CT molecular complexity index is 846. The largest absolute Gasteiger partial charge is 0.351 e. The Kier molecular flexibility index (Phi) is 3.98. The van der Waals surface area contributed by atoms with Gasteiger partial charge in [0, 0.05) is 48.8 Å². The Morgan fingerprint density at radius 3 is 3.08 bits per heavy atom. The summed E-state index contributed by atoms with van der Waals surface area (Å²) >= 11 is 0. The first-order valence-corrected chi connectivity index (χ1v) is 9.65. The van der Waals surface area contributed by atoms with Crippen molar-refractivity contribution in [2.45, 2.75) is 12.8 Å². The topological polar surface area (TPSA) is 56.7 Å². The Morgan fingerprint density at radius 2 is 2.19 bits per heavy atom. The minimum atomic E-state index is -0.00401. The molecule has 0 aromatic heterocycles. The maximum Gasteiger partial charge on any atom is 0.251 e. The van der Waals surface area contributed by atoms with Crippen LogP contribution in [0.4, 0.5) is 5.69 Å². The quantitative estimate of drug-likeness (QED) is 0.877. The molecule has 3 aliphatic heterocycles. The first-order valence-electron chi connectivity index (χ1n) is 9.65. The molecule has 26 heavy (non-hydrogen) atoms. The molecule has 5 heteroatoms. The second kappa shape index (κ2) is 6.49. The Hall–Kier alpha value is -2.24. The lowest BCUT2D eigenvalue weighted by Gasteiger charge is -2.16. The number of hydrogen-bond acceptors (Lipinski definition) is 4. The van der Waals surface area contributed by atoms with Crippen LogP contribution in [-0.4, -0.2) is 55.8 Å². The van der Waals surface area contributed by atoms with Gasteiger partial charge in [-0.05, 0) is 49.7 Å². The fourth-order valence-corrected chi connectivity index (χ4v) is 4.48. The van der Waals surface area contributed by atoms with E-state index in [4.69, 9.17) is 4.99 Å². The number of rotatable bonds is 4. The Morgan fingerprint density at radius 1 is 1.31 bits per heavy atom. The molecule has 1 amide bonds. The Labute approximate surface area is 153 Å². The molecular weight excluding hydrogens is 324 g/mol. The number of carbonyl (C=O) groups excluding carboxylic acids is 1. The van der Waals surface area contributed by atoms with Crippen LogP contribution in [0.25, 0.3) is 5.57 Å². The highest BCUT2D eigenvalue weighted by molar-refractivity contribution is 6.35. The van der Waals surface area contributed by atoms with Crippen LogP contribution in [0.2, 0.25) is 0 Å². The number of amides is 1. The monoisotopic (exact) mass is 348 g/mol. The maximum absolute atomic E-state index is 12.5. The summed E-state index contributed by atoms with van der Waals surface area (Å²) < 4.78 is 0. The minimum absolute atomic E-state index is 0.00401. The van der Waals surface area contributed by atoms with Gasteiger partial charge >= 0.3 is 0 Å². The van der Waals surface area contributed by atoms with Crippen LogP contribution in [0, 0.1) is 5.92 Å². The minimum Gasteiger partial charge on any atom is -0.351 e. The van der Waals surface area contributed by atoms with Gasteiger partial charge in [0.2, 0.25) is 0 Å². The normalized spacial score (nSPS) is 23.7. The second-order valence-corrected chi connectivity index (χ2v) is 7.53. The van der Waals surface area contributed by atoms with Gasteiger partial charge in [-0.1, -0.05) is 12.1 Å². The molecular formula is C21H24N4O. The van der Waals surface area contributed by atoms with E-state index in [9.17, 15) is 4.79 Å². The molecule has 1 aromatic rings. The van der Waals surface area contributed by atoms with Gasteiger partial charge in [-0.2, -0.15) is 0 Å². The van der Waals surface area contributed by atoms with Crippen LogP contribution in [0.3, 0.4) is 0 Å². The number of hydrogen-bond donors (Lipinski definition) is 2. The van der Waals surface area contributed by atoms with Crippen molar-refractivity contribution in [1.82, 2.24) is 15.5 Å². The van der Waals surface area contributed by atoms with Crippen molar-refractivity contribution in [3.63, 3.8) is 0 Å². The lowest BCUT2D eigenvalue weighted by Crippen LogP contribution is -2.33. The molecule has 2 saturated heterocycles. The summed E-state index contributed by atoms with van der Waals surface area (Å²) in [5.41, 5.74) is 6.55. The molecule has 134 valence electrons. The summed E-state index contributed by atoms with van der Waals surface area (Å²) in [7, 11) is 0. The lowest BCUT2D eigenvalue weighted by molar-refractivity contribution is 0.0950. The van der Waals surface area contributed by atoms with Gasteiger partial charge < -0.3 is 15.5 Å².